The molecule has 6 heteroatoms. The highest BCUT2D eigenvalue weighted by atomic mass is 32.2. The van der Waals surface area contributed by atoms with Crippen molar-refractivity contribution in [2.45, 2.75) is 6.42 Å². The van der Waals surface area contributed by atoms with Crippen molar-refractivity contribution in [1.82, 2.24) is 10.4 Å². The standard InChI is InChI=1S/C13H11N3OS2/c14-7-4-8-15-16-12(17)11(19-13(16)18)9-10-5-2-1-3-6-10/h1-3,5-6,9,15H,4,8H2. The van der Waals surface area contributed by atoms with E-state index in [-0.39, 0.29) is 5.91 Å². The number of thioether (sulfide) groups is 1. The summed E-state index contributed by atoms with van der Waals surface area (Å²) < 4.78 is 0.463. The Morgan fingerprint density at radius 3 is 2.84 bits per heavy atom. The third-order valence-electron chi connectivity index (χ3n) is 2.40. The van der Waals surface area contributed by atoms with E-state index in [0.29, 0.717) is 22.2 Å². The topological polar surface area (TPSA) is 56.1 Å². The highest BCUT2D eigenvalue weighted by Gasteiger charge is 2.31. The smallest absolute Gasteiger partial charge is 0.267 e. The Balaban J connectivity index is 2.10. The number of hydrogen-bond acceptors (Lipinski definition) is 5. The maximum atomic E-state index is 12.1. The van der Waals surface area contributed by atoms with E-state index < -0.39 is 0 Å². The van der Waals surface area contributed by atoms with E-state index in [2.05, 4.69) is 5.43 Å². The molecule has 1 heterocycles. The van der Waals surface area contributed by atoms with Crippen LogP contribution in [0.3, 0.4) is 0 Å². The molecule has 1 aromatic rings. The molecule has 96 valence electrons. The third kappa shape index (κ3) is 3.41. The maximum absolute atomic E-state index is 12.1. The summed E-state index contributed by atoms with van der Waals surface area (Å²) in [4.78, 5) is 12.7. The molecule has 0 radical (unpaired) electrons. The fourth-order valence-corrected chi connectivity index (χ4v) is 2.75. The molecule has 0 unspecified atom stereocenters. The molecule has 1 fully saturated rings. The zero-order valence-electron chi connectivity index (χ0n) is 10.00. The molecule has 0 bridgehead atoms. The Kier molecular flexibility index (Phi) is 4.68. The second-order valence-corrected chi connectivity index (χ2v) is 5.42. The van der Waals surface area contributed by atoms with Gasteiger partial charge in [0.15, 0.2) is 4.32 Å². The molecule has 1 saturated heterocycles. The first-order valence-corrected chi connectivity index (χ1v) is 6.88. The van der Waals surface area contributed by atoms with Crippen LogP contribution in [-0.2, 0) is 4.79 Å². The molecular formula is C13H11N3OS2. The number of hydrazine groups is 1. The lowest BCUT2D eigenvalue weighted by Crippen LogP contribution is -2.41. The Hall–Kier alpha value is -1.68. The SMILES string of the molecule is N#CCCNN1C(=O)C(=Cc2ccccc2)SC1=S. The number of rotatable bonds is 4. The second kappa shape index (κ2) is 6.48. The number of benzene rings is 1. The molecular weight excluding hydrogens is 278 g/mol. The molecule has 0 spiro atoms. The van der Waals surface area contributed by atoms with Gasteiger partial charge in [0.2, 0.25) is 0 Å². The molecule has 19 heavy (non-hydrogen) atoms. The summed E-state index contributed by atoms with van der Waals surface area (Å²) in [5.74, 6) is -0.170. The second-order valence-electron chi connectivity index (χ2n) is 3.74. The van der Waals surface area contributed by atoms with Crippen molar-refractivity contribution in [3.8, 4) is 6.07 Å². The zero-order chi connectivity index (χ0) is 13.7. The minimum absolute atomic E-state index is 0.170. The Morgan fingerprint density at radius 1 is 1.42 bits per heavy atom. The molecule has 0 aliphatic carbocycles. The van der Waals surface area contributed by atoms with Crippen LogP contribution in [0.15, 0.2) is 35.2 Å². The Morgan fingerprint density at radius 2 is 2.16 bits per heavy atom. The monoisotopic (exact) mass is 289 g/mol. The highest BCUT2D eigenvalue weighted by molar-refractivity contribution is 8.26. The van der Waals surface area contributed by atoms with Gasteiger partial charge >= 0.3 is 0 Å². The van der Waals surface area contributed by atoms with Gasteiger partial charge in [-0.15, -0.1) is 0 Å². The summed E-state index contributed by atoms with van der Waals surface area (Å²) in [5, 5.41) is 9.80. The molecule has 1 aromatic carbocycles. The summed E-state index contributed by atoms with van der Waals surface area (Å²) in [6.07, 6.45) is 2.14. The first kappa shape index (κ1) is 13.7. The number of carbonyl (C=O) groups excluding carboxylic acids is 1. The summed E-state index contributed by atoms with van der Waals surface area (Å²) in [6, 6.07) is 11.6. The summed E-state index contributed by atoms with van der Waals surface area (Å²) in [6.45, 7) is 0.404. The summed E-state index contributed by atoms with van der Waals surface area (Å²) >= 11 is 6.40. The number of nitriles is 1. The van der Waals surface area contributed by atoms with Crippen LogP contribution in [0.4, 0.5) is 0 Å². The van der Waals surface area contributed by atoms with Gasteiger partial charge in [0.1, 0.15) is 0 Å². The van der Waals surface area contributed by atoms with Gasteiger partial charge in [-0.05, 0) is 11.6 Å². The number of nitrogens with one attached hydrogen (secondary N) is 1. The molecule has 1 aliphatic rings. The van der Waals surface area contributed by atoms with E-state index in [1.165, 1.54) is 16.8 Å². The van der Waals surface area contributed by atoms with Crippen molar-refractivity contribution < 1.29 is 4.79 Å². The number of nitrogens with zero attached hydrogens (tertiary/aromatic N) is 2. The zero-order valence-corrected chi connectivity index (χ0v) is 11.6. The highest BCUT2D eigenvalue weighted by Crippen LogP contribution is 2.31. The van der Waals surface area contributed by atoms with Crippen molar-refractivity contribution in [2.75, 3.05) is 6.54 Å². The first-order valence-electron chi connectivity index (χ1n) is 5.66. The van der Waals surface area contributed by atoms with E-state index in [0.717, 1.165) is 5.56 Å². The van der Waals surface area contributed by atoms with Gasteiger partial charge < -0.3 is 0 Å². The molecule has 1 amide bonds. The van der Waals surface area contributed by atoms with Gasteiger partial charge in [0.05, 0.1) is 11.0 Å². The number of carbonyl (C=O) groups is 1. The number of amides is 1. The quantitative estimate of drug-likeness (QED) is 0.523. The maximum Gasteiger partial charge on any atom is 0.280 e. The van der Waals surface area contributed by atoms with Gasteiger partial charge in [0, 0.05) is 13.0 Å². The van der Waals surface area contributed by atoms with Gasteiger partial charge in [-0.3, -0.25) is 4.79 Å². The number of hydrogen-bond donors (Lipinski definition) is 1. The van der Waals surface area contributed by atoms with Gasteiger partial charge in [0.25, 0.3) is 5.91 Å². The average molecular weight is 289 g/mol. The molecule has 1 N–H and O–H groups in total. The first-order chi connectivity index (χ1) is 9.22. The molecule has 0 atom stereocenters. The van der Waals surface area contributed by atoms with E-state index in [4.69, 9.17) is 17.5 Å². The van der Waals surface area contributed by atoms with Crippen molar-refractivity contribution in [1.29, 1.82) is 5.26 Å². The number of thiocarbonyl (C=S) groups is 1. The minimum Gasteiger partial charge on any atom is -0.267 e. The molecule has 0 aromatic heterocycles. The van der Waals surface area contributed by atoms with Crippen LogP contribution in [0.1, 0.15) is 12.0 Å². The van der Waals surface area contributed by atoms with E-state index in [9.17, 15) is 4.79 Å². The lowest BCUT2D eigenvalue weighted by atomic mass is 10.2. The van der Waals surface area contributed by atoms with Gasteiger partial charge in [-0.1, -0.05) is 54.3 Å². The van der Waals surface area contributed by atoms with Crippen molar-refractivity contribution in [2.24, 2.45) is 0 Å². The van der Waals surface area contributed by atoms with Crippen LogP contribution in [0.25, 0.3) is 6.08 Å². The average Bonchev–Trinajstić information content (AvgIpc) is 2.68. The lowest BCUT2D eigenvalue weighted by molar-refractivity contribution is -0.124. The third-order valence-corrected chi connectivity index (χ3v) is 3.70. The lowest BCUT2D eigenvalue weighted by Gasteiger charge is -2.14. The molecule has 4 nitrogen and oxygen atoms in total. The van der Waals surface area contributed by atoms with Crippen LogP contribution in [0.2, 0.25) is 0 Å². The van der Waals surface area contributed by atoms with E-state index in [1.807, 2.05) is 42.5 Å². The van der Waals surface area contributed by atoms with Crippen LogP contribution < -0.4 is 5.43 Å². The Bertz CT molecular complexity index is 563. The van der Waals surface area contributed by atoms with Crippen LogP contribution >= 0.6 is 24.0 Å². The van der Waals surface area contributed by atoms with Crippen molar-refractivity contribution in [3.05, 3.63) is 40.8 Å². The Labute approximate surface area is 121 Å². The van der Waals surface area contributed by atoms with Gasteiger partial charge in [-0.25, -0.2) is 10.4 Å². The van der Waals surface area contributed by atoms with E-state index in [1.54, 1.807) is 0 Å². The van der Waals surface area contributed by atoms with E-state index >= 15 is 0 Å². The summed E-state index contributed by atoms with van der Waals surface area (Å²) in [5.41, 5.74) is 3.81. The van der Waals surface area contributed by atoms with Crippen molar-refractivity contribution >= 4 is 40.3 Å². The van der Waals surface area contributed by atoms with Crippen molar-refractivity contribution in [3.63, 3.8) is 0 Å². The normalized spacial score (nSPS) is 17.0. The predicted octanol–water partition coefficient (Wildman–Crippen LogP) is 2.31. The molecule has 2 rings (SSSR count). The fourth-order valence-electron chi connectivity index (χ4n) is 1.53. The minimum atomic E-state index is -0.170. The summed E-state index contributed by atoms with van der Waals surface area (Å²) in [7, 11) is 0. The molecule has 1 aliphatic heterocycles. The largest absolute Gasteiger partial charge is 0.280 e. The van der Waals surface area contributed by atoms with Crippen LogP contribution in [-0.4, -0.2) is 21.8 Å². The fraction of sp³-hybridized carbons (Fsp3) is 0.154. The predicted molar refractivity (Wildman–Crippen MR) is 79.7 cm³/mol. The van der Waals surface area contributed by atoms with Gasteiger partial charge in [-0.2, -0.15) is 5.26 Å². The van der Waals surface area contributed by atoms with Crippen LogP contribution in [0.5, 0.6) is 0 Å². The van der Waals surface area contributed by atoms with Crippen LogP contribution in [0, 0.1) is 11.3 Å². The molecule has 0 saturated carbocycles.